The molecule has 1 aromatic carbocycles. The van der Waals surface area contributed by atoms with Gasteiger partial charge in [-0.2, -0.15) is 5.10 Å². The molecular formula is C13H12N4O2. The van der Waals surface area contributed by atoms with Gasteiger partial charge in [0.1, 0.15) is 12.2 Å². The lowest BCUT2D eigenvalue weighted by atomic mass is 10.2. The second-order valence-electron chi connectivity index (χ2n) is 4.29. The molecule has 0 aliphatic rings. The Hall–Kier alpha value is -2.63. The maximum absolute atomic E-state index is 11.3. The first kappa shape index (κ1) is 11.5. The van der Waals surface area contributed by atoms with E-state index in [2.05, 4.69) is 10.1 Å². The third-order valence-electron chi connectivity index (χ3n) is 3.14. The molecule has 0 atom stereocenters. The van der Waals surface area contributed by atoms with Crippen molar-refractivity contribution in [1.82, 2.24) is 19.3 Å². The van der Waals surface area contributed by atoms with Crippen LogP contribution in [0.3, 0.4) is 0 Å². The number of carboxylic acids is 1. The minimum Gasteiger partial charge on any atom is -0.478 e. The van der Waals surface area contributed by atoms with Crippen LogP contribution in [0.4, 0.5) is 0 Å². The molecule has 6 heteroatoms. The van der Waals surface area contributed by atoms with Gasteiger partial charge in [0.15, 0.2) is 0 Å². The summed E-state index contributed by atoms with van der Waals surface area (Å²) in [5.41, 5.74) is 1.18. The van der Waals surface area contributed by atoms with Gasteiger partial charge in [0.25, 0.3) is 0 Å². The summed E-state index contributed by atoms with van der Waals surface area (Å²) in [6.45, 7) is 0.490. The highest BCUT2D eigenvalue weighted by atomic mass is 16.4. The lowest BCUT2D eigenvalue weighted by Crippen LogP contribution is -2.06. The van der Waals surface area contributed by atoms with Crippen molar-refractivity contribution < 1.29 is 9.90 Å². The van der Waals surface area contributed by atoms with Gasteiger partial charge in [0, 0.05) is 24.1 Å². The molecular weight excluding hydrogens is 244 g/mol. The Morgan fingerprint density at radius 2 is 2.16 bits per heavy atom. The molecule has 0 saturated heterocycles. The van der Waals surface area contributed by atoms with E-state index in [1.165, 1.54) is 6.33 Å². The number of carbonyl (C=O) groups is 1. The van der Waals surface area contributed by atoms with Crippen molar-refractivity contribution in [2.24, 2.45) is 7.05 Å². The molecule has 0 radical (unpaired) electrons. The molecule has 0 unspecified atom stereocenters. The van der Waals surface area contributed by atoms with E-state index in [9.17, 15) is 9.90 Å². The fourth-order valence-electron chi connectivity index (χ4n) is 2.16. The van der Waals surface area contributed by atoms with Crippen LogP contribution >= 0.6 is 0 Å². The summed E-state index contributed by atoms with van der Waals surface area (Å²) in [5, 5.41) is 14.0. The smallest absolute Gasteiger partial charge is 0.337 e. The highest BCUT2D eigenvalue weighted by molar-refractivity contribution is 6.03. The van der Waals surface area contributed by atoms with Crippen LogP contribution in [0.5, 0.6) is 0 Å². The first-order valence-corrected chi connectivity index (χ1v) is 5.81. The summed E-state index contributed by atoms with van der Waals surface area (Å²) >= 11 is 0. The molecule has 2 aromatic heterocycles. The monoisotopic (exact) mass is 256 g/mol. The van der Waals surface area contributed by atoms with Gasteiger partial charge in [-0.15, -0.1) is 0 Å². The number of hydrogen-bond acceptors (Lipinski definition) is 3. The fourth-order valence-corrected chi connectivity index (χ4v) is 2.16. The normalized spacial score (nSPS) is 11.0. The van der Waals surface area contributed by atoms with E-state index in [-0.39, 0.29) is 0 Å². The minimum atomic E-state index is -0.923. The third kappa shape index (κ3) is 1.87. The van der Waals surface area contributed by atoms with E-state index in [0.29, 0.717) is 12.1 Å². The van der Waals surface area contributed by atoms with Crippen LogP contribution < -0.4 is 0 Å². The number of carboxylic acid groups (broad SMARTS) is 1. The van der Waals surface area contributed by atoms with Crippen molar-refractivity contribution in [2.45, 2.75) is 6.54 Å². The molecule has 1 N–H and O–H groups in total. The number of rotatable bonds is 3. The molecule has 6 nitrogen and oxygen atoms in total. The summed E-state index contributed by atoms with van der Waals surface area (Å²) in [6, 6.07) is 7.44. The SMILES string of the molecule is Cn1ncnc1Cn1cc(C(=O)O)c2ccccc21. The van der Waals surface area contributed by atoms with Crippen molar-refractivity contribution >= 4 is 16.9 Å². The maximum Gasteiger partial charge on any atom is 0.337 e. The number of hydrogen-bond donors (Lipinski definition) is 1. The highest BCUT2D eigenvalue weighted by Gasteiger charge is 2.14. The lowest BCUT2D eigenvalue weighted by Gasteiger charge is -2.04. The maximum atomic E-state index is 11.3. The Kier molecular flexibility index (Phi) is 2.56. The molecule has 96 valence electrons. The number of aromatic nitrogens is 4. The topological polar surface area (TPSA) is 72.9 Å². The summed E-state index contributed by atoms with van der Waals surface area (Å²) in [4.78, 5) is 15.4. The average molecular weight is 256 g/mol. The largest absolute Gasteiger partial charge is 0.478 e. The summed E-state index contributed by atoms with van der Waals surface area (Å²) < 4.78 is 3.55. The Morgan fingerprint density at radius 3 is 2.84 bits per heavy atom. The van der Waals surface area contributed by atoms with Gasteiger partial charge in [0.2, 0.25) is 0 Å². The van der Waals surface area contributed by atoms with Crippen LogP contribution in [0.15, 0.2) is 36.8 Å². The molecule has 0 bridgehead atoms. The first-order valence-electron chi connectivity index (χ1n) is 5.81. The Labute approximate surface area is 108 Å². The van der Waals surface area contributed by atoms with Gasteiger partial charge >= 0.3 is 5.97 Å². The van der Waals surface area contributed by atoms with Gasteiger partial charge in [-0.1, -0.05) is 18.2 Å². The van der Waals surface area contributed by atoms with E-state index in [1.807, 2.05) is 35.9 Å². The number of para-hydroxylation sites is 1. The minimum absolute atomic E-state index is 0.303. The molecule has 2 heterocycles. The Balaban J connectivity index is 2.14. The third-order valence-corrected chi connectivity index (χ3v) is 3.14. The van der Waals surface area contributed by atoms with Crippen LogP contribution in [0.25, 0.3) is 10.9 Å². The standard InChI is InChI=1S/C13H12N4O2/c1-16-12(14-8-15-16)7-17-6-10(13(18)19)9-4-2-3-5-11(9)17/h2-6,8H,7H2,1H3,(H,18,19). The Morgan fingerprint density at radius 1 is 1.37 bits per heavy atom. The molecule has 0 aliphatic heterocycles. The van der Waals surface area contributed by atoms with Crippen molar-refractivity contribution in [3.63, 3.8) is 0 Å². The second kappa shape index (κ2) is 4.24. The molecule has 0 amide bonds. The fraction of sp³-hybridized carbons (Fsp3) is 0.154. The summed E-state index contributed by atoms with van der Waals surface area (Å²) in [6.07, 6.45) is 3.13. The van der Waals surface area contributed by atoms with E-state index < -0.39 is 5.97 Å². The van der Waals surface area contributed by atoms with Crippen LogP contribution in [0.2, 0.25) is 0 Å². The van der Waals surface area contributed by atoms with Gasteiger partial charge in [-0.05, 0) is 6.07 Å². The van der Waals surface area contributed by atoms with Gasteiger partial charge in [-0.3, -0.25) is 4.68 Å². The van der Waals surface area contributed by atoms with Crippen LogP contribution in [0.1, 0.15) is 16.2 Å². The van der Waals surface area contributed by atoms with Crippen molar-refractivity contribution in [3.05, 3.63) is 48.2 Å². The average Bonchev–Trinajstić information content (AvgIpc) is 2.96. The Bertz CT molecular complexity index is 757. The summed E-state index contributed by atoms with van der Waals surface area (Å²) in [5.74, 6) is -0.148. The van der Waals surface area contributed by atoms with Gasteiger partial charge in [-0.25, -0.2) is 9.78 Å². The highest BCUT2D eigenvalue weighted by Crippen LogP contribution is 2.21. The van der Waals surface area contributed by atoms with Crippen molar-refractivity contribution in [3.8, 4) is 0 Å². The molecule has 0 fully saturated rings. The lowest BCUT2D eigenvalue weighted by molar-refractivity contribution is 0.0699. The number of nitrogens with zero attached hydrogens (tertiary/aromatic N) is 4. The quantitative estimate of drug-likeness (QED) is 0.771. The zero-order chi connectivity index (χ0) is 13.4. The molecule has 0 spiro atoms. The zero-order valence-electron chi connectivity index (χ0n) is 10.3. The van der Waals surface area contributed by atoms with Gasteiger partial charge < -0.3 is 9.67 Å². The molecule has 3 rings (SSSR count). The van der Waals surface area contributed by atoms with Crippen LogP contribution in [-0.4, -0.2) is 30.4 Å². The first-order chi connectivity index (χ1) is 9.16. The zero-order valence-corrected chi connectivity index (χ0v) is 10.3. The van der Waals surface area contributed by atoms with E-state index in [0.717, 1.165) is 16.7 Å². The predicted molar refractivity (Wildman–Crippen MR) is 69.0 cm³/mol. The van der Waals surface area contributed by atoms with Crippen LogP contribution in [-0.2, 0) is 13.6 Å². The molecule has 0 aliphatic carbocycles. The van der Waals surface area contributed by atoms with E-state index in [4.69, 9.17) is 0 Å². The molecule has 0 saturated carbocycles. The van der Waals surface area contributed by atoms with E-state index >= 15 is 0 Å². The number of aryl methyl sites for hydroxylation is 1. The van der Waals surface area contributed by atoms with E-state index in [1.54, 1.807) is 10.9 Å². The predicted octanol–water partition coefficient (Wildman–Crippen LogP) is 1.52. The summed E-state index contributed by atoms with van der Waals surface area (Å²) in [7, 11) is 1.81. The number of aromatic carboxylic acids is 1. The van der Waals surface area contributed by atoms with Crippen molar-refractivity contribution in [1.29, 1.82) is 0 Å². The molecule has 19 heavy (non-hydrogen) atoms. The van der Waals surface area contributed by atoms with Gasteiger partial charge in [0.05, 0.1) is 12.1 Å². The second-order valence-corrected chi connectivity index (χ2v) is 4.29. The van der Waals surface area contributed by atoms with Crippen LogP contribution in [0, 0.1) is 0 Å². The number of fused-ring (bicyclic) bond motifs is 1. The number of benzene rings is 1. The molecule has 3 aromatic rings. The van der Waals surface area contributed by atoms with Crippen molar-refractivity contribution in [2.75, 3.05) is 0 Å².